The third kappa shape index (κ3) is 4.38. The van der Waals surface area contributed by atoms with Crippen LogP contribution in [0.5, 0.6) is 0 Å². The maximum atomic E-state index is 12.5. The first-order chi connectivity index (χ1) is 17.2. The second-order valence-electron chi connectivity index (χ2n) is 11.2. The smallest absolute Gasteiger partial charge is 0.410 e. The minimum Gasteiger partial charge on any atom is -0.444 e. The molecular weight excluding hydrogens is 454 g/mol. The topological polar surface area (TPSA) is 104 Å². The fourth-order valence-corrected chi connectivity index (χ4v) is 5.18. The standard InChI is InChI=1S/C27H33N7O2/c1-27(2,3)36-26(35)32-10-8-18(9-11-32)23-13-21(24-25(28)29-16-30-34(23)24)19-6-7-20-15-33(14-17-4-5-17)31-22(20)12-19/h6-7,12-13,15-18H,4-5,8-11,14H2,1-3H3,(H2,28,29,30). The van der Waals surface area contributed by atoms with Crippen LogP contribution in [0.2, 0.25) is 0 Å². The van der Waals surface area contributed by atoms with Crippen LogP contribution in [-0.2, 0) is 11.3 Å². The van der Waals surface area contributed by atoms with Crippen molar-refractivity contribution in [2.75, 3.05) is 18.8 Å². The summed E-state index contributed by atoms with van der Waals surface area (Å²) in [5.74, 6) is 1.48. The summed E-state index contributed by atoms with van der Waals surface area (Å²) in [6, 6.07) is 8.58. The molecular formula is C27H33N7O2. The number of nitrogens with zero attached hydrogens (tertiary/aromatic N) is 6. The molecule has 4 heterocycles. The maximum absolute atomic E-state index is 12.5. The number of carbonyl (C=O) groups is 1. The molecule has 0 radical (unpaired) electrons. The van der Waals surface area contributed by atoms with Crippen LogP contribution in [0, 0.1) is 5.92 Å². The van der Waals surface area contributed by atoms with Gasteiger partial charge in [-0.2, -0.15) is 10.2 Å². The van der Waals surface area contributed by atoms with Gasteiger partial charge in [-0.15, -0.1) is 0 Å². The lowest BCUT2D eigenvalue weighted by atomic mass is 9.93. The van der Waals surface area contributed by atoms with Gasteiger partial charge in [0.25, 0.3) is 0 Å². The number of rotatable bonds is 4. The van der Waals surface area contributed by atoms with Gasteiger partial charge in [0.15, 0.2) is 5.82 Å². The molecule has 0 atom stereocenters. The highest BCUT2D eigenvalue weighted by Gasteiger charge is 2.30. The average Bonchev–Trinajstić information content (AvgIpc) is 3.41. The molecule has 188 valence electrons. The predicted octanol–water partition coefficient (Wildman–Crippen LogP) is 4.85. The zero-order valence-electron chi connectivity index (χ0n) is 21.1. The van der Waals surface area contributed by atoms with Crippen LogP contribution in [0.3, 0.4) is 0 Å². The number of likely N-dealkylation sites (tertiary alicyclic amines) is 1. The lowest BCUT2D eigenvalue weighted by Gasteiger charge is -2.33. The summed E-state index contributed by atoms with van der Waals surface area (Å²) in [6.45, 7) is 7.97. The number of carbonyl (C=O) groups excluding carboxylic acids is 1. The van der Waals surface area contributed by atoms with Crippen molar-refractivity contribution in [2.24, 2.45) is 5.92 Å². The SMILES string of the molecule is CC(C)(C)OC(=O)N1CCC(c2cc(-c3ccc4cn(CC5CC5)nc4c3)c3c(N)ncnn23)CC1. The second-order valence-corrected chi connectivity index (χ2v) is 11.2. The minimum atomic E-state index is -0.496. The van der Waals surface area contributed by atoms with Crippen molar-refractivity contribution >= 4 is 28.3 Å². The molecule has 3 aromatic heterocycles. The van der Waals surface area contributed by atoms with Gasteiger partial charge in [-0.05, 0) is 70.1 Å². The van der Waals surface area contributed by atoms with E-state index in [1.165, 1.54) is 19.2 Å². The number of nitrogen functional groups attached to an aromatic ring is 1. The quantitative estimate of drug-likeness (QED) is 0.441. The third-order valence-corrected chi connectivity index (χ3v) is 7.18. The fourth-order valence-electron chi connectivity index (χ4n) is 5.18. The molecule has 0 spiro atoms. The Bertz CT molecular complexity index is 1440. The number of nitrogens with two attached hydrogens (primary N) is 1. The van der Waals surface area contributed by atoms with E-state index in [9.17, 15) is 4.79 Å². The molecule has 9 nitrogen and oxygen atoms in total. The molecule has 1 aliphatic carbocycles. The number of amides is 1. The molecule has 0 bridgehead atoms. The molecule has 1 saturated heterocycles. The Morgan fingerprint density at radius 1 is 1.14 bits per heavy atom. The van der Waals surface area contributed by atoms with E-state index in [1.54, 1.807) is 4.90 Å². The maximum Gasteiger partial charge on any atom is 0.410 e. The van der Waals surface area contributed by atoms with Crippen LogP contribution in [0.1, 0.15) is 58.1 Å². The third-order valence-electron chi connectivity index (χ3n) is 7.18. The van der Waals surface area contributed by atoms with E-state index >= 15 is 0 Å². The van der Waals surface area contributed by atoms with Crippen molar-refractivity contribution in [1.29, 1.82) is 0 Å². The fraction of sp³-hybridized carbons (Fsp3) is 0.481. The molecule has 4 aromatic rings. The van der Waals surface area contributed by atoms with Gasteiger partial charge in [0.05, 0.1) is 5.52 Å². The van der Waals surface area contributed by atoms with E-state index in [1.807, 2.05) is 25.3 Å². The summed E-state index contributed by atoms with van der Waals surface area (Å²) in [7, 11) is 0. The monoisotopic (exact) mass is 487 g/mol. The summed E-state index contributed by atoms with van der Waals surface area (Å²) in [5, 5.41) is 10.5. The van der Waals surface area contributed by atoms with Crippen LogP contribution in [0.4, 0.5) is 10.6 Å². The normalized spacial score (nSPS) is 17.2. The number of benzene rings is 1. The van der Waals surface area contributed by atoms with E-state index in [0.29, 0.717) is 18.9 Å². The van der Waals surface area contributed by atoms with Gasteiger partial charge in [0, 0.05) is 48.4 Å². The Kier molecular flexibility index (Phi) is 5.39. The average molecular weight is 488 g/mol. The van der Waals surface area contributed by atoms with Crippen molar-refractivity contribution < 1.29 is 9.53 Å². The number of hydrogen-bond donors (Lipinski definition) is 1. The van der Waals surface area contributed by atoms with Gasteiger partial charge >= 0.3 is 6.09 Å². The van der Waals surface area contributed by atoms with Crippen LogP contribution >= 0.6 is 0 Å². The van der Waals surface area contributed by atoms with E-state index in [2.05, 4.69) is 45.2 Å². The molecule has 1 saturated carbocycles. The molecule has 1 amide bonds. The first-order valence-corrected chi connectivity index (χ1v) is 12.8. The molecule has 6 rings (SSSR count). The lowest BCUT2D eigenvalue weighted by Crippen LogP contribution is -2.41. The number of piperidine rings is 1. The molecule has 9 heteroatoms. The van der Waals surface area contributed by atoms with E-state index in [4.69, 9.17) is 15.6 Å². The zero-order chi connectivity index (χ0) is 25.0. The van der Waals surface area contributed by atoms with Crippen molar-refractivity contribution in [1.82, 2.24) is 29.3 Å². The second kappa shape index (κ2) is 8.50. The molecule has 1 aromatic carbocycles. The van der Waals surface area contributed by atoms with Crippen LogP contribution in [0.15, 0.2) is 36.8 Å². The van der Waals surface area contributed by atoms with Gasteiger partial charge in [-0.1, -0.05) is 12.1 Å². The largest absolute Gasteiger partial charge is 0.444 e. The lowest BCUT2D eigenvalue weighted by molar-refractivity contribution is 0.0203. The van der Waals surface area contributed by atoms with Crippen molar-refractivity contribution in [3.8, 4) is 11.1 Å². The molecule has 2 N–H and O–H groups in total. The van der Waals surface area contributed by atoms with Crippen LogP contribution in [-0.4, -0.2) is 54.1 Å². The number of ether oxygens (including phenoxy) is 1. The molecule has 0 unspecified atom stereocenters. The number of anilines is 1. The zero-order valence-corrected chi connectivity index (χ0v) is 21.1. The summed E-state index contributed by atoms with van der Waals surface area (Å²) in [4.78, 5) is 18.6. The first kappa shape index (κ1) is 22.8. The first-order valence-electron chi connectivity index (χ1n) is 12.8. The summed E-state index contributed by atoms with van der Waals surface area (Å²) < 4.78 is 9.57. The Morgan fingerprint density at radius 3 is 2.64 bits per heavy atom. The number of fused-ring (bicyclic) bond motifs is 2. The van der Waals surface area contributed by atoms with Crippen molar-refractivity contribution in [3.05, 3.63) is 42.5 Å². The molecule has 36 heavy (non-hydrogen) atoms. The van der Waals surface area contributed by atoms with Crippen LogP contribution in [0.25, 0.3) is 27.5 Å². The minimum absolute atomic E-state index is 0.248. The van der Waals surface area contributed by atoms with Gasteiger partial charge in [0.2, 0.25) is 0 Å². The Morgan fingerprint density at radius 2 is 1.92 bits per heavy atom. The van der Waals surface area contributed by atoms with Crippen LogP contribution < -0.4 is 5.73 Å². The van der Waals surface area contributed by atoms with E-state index in [-0.39, 0.29) is 12.0 Å². The van der Waals surface area contributed by atoms with E-state index in [0.717, 1.165) is 58.5 Å². The molecule has 1 aliphatic heterocycles. The highest BCUT2D eigenvalue weighted by molar-refractivity contribution is 5.92. The summed E-state index contributed by atoms with van der Waals surface area (Å²) >= 11 is 0. The van der Waals surface area contributed by atoms with Gasteiger partial charge in [0.1, 0.15) is 17.4 Å². The Balaban J connectivity index is 1.30. The highest BCUT2D eigenvalue weighted by Crippen LogP contribution is 2.38. The number of hydrogen-bond acceptors (Lipinski definition) is 6. The highest BCUT2D eigenvalue weighted by atomic mass is 16.6. The summed E-state index contributed by atoms with van der Waals surface area (Å²) in [6.07, 6.45) is 7.67. The van der Waals surface area contributed by atoms with Gasteiger partial charge in [-0.25, -0.2) is 14.3 Å². The Hall–Kier alpha value is -3.62. The van der Waals surface area contributed by atoms with E-state index < -0.39 is 5.60 Å². The van der Waals surface area contributed by atoms with Gasteiger partial charge < -0.3 is 15.4 Å². The molecule has 2 fully saturated rings. The van der Waals surface area contributed by atoms with Crippen molar-refractivity contribution in [3.63, 3.8) is 0 Å². The Labute approximate surface area is 210 Å². The van der Waals surface area contributed by atoms with Crippen molar-refractivity contribution in [2.45, 2.75) is 64.5 Å². The predicted molar refractivity (Wildman–Crippen MR) is 139 cm³/mol. The number of aromatic nitrogens is 5. The summed E-state index contributed by atoms with van der Waals surface area (Å²) in [5.41, 5.74) is 10.8. The van der Waals surface area contributed by atoms with Gasteiger partial charge in [-0.3, -0.25) is 4.68 Å². The molecule has 2 aliphatic rings.